The van der Waals surface area contributed by atoms with Crippen LogP contribution in [0.25, 0.3) is 5.69 Å². The monoisotopic (exact) mass is 325 g/mol. The molecule has 1 aromatic heterocycles. The third-order valence-electron chi connectivity index (χ3n) is 3.17. The number of aromatic nitrogens is 1. The molecule has 0 radical (unpaired) electrons. The second-order valence-electron chi connectivity index (χ2n) is 4.50. The Morgan fingerprint density at radius 2 is 1.77 bits per heavy atom. The van der Waals surface area contributed by atoms with Gasteiger partial charge in [0.05, 0.1) is 16.8 Å². The topological polar surface area (TPSA) is 94.2 Å². The molecule has 3 N–H and O–H groups in total. The summed E-state index contributed by atoms with van der Waals surface area (Å²) >= 11 is 5.74. The Balaban J connectivity index is 2.40. The second-order valence-corrected chi connectivity index (χ2v) is 4.87. The first-order valence-corrected chi connectivity index (χ1v) is 6.25. The van der Waals surface area contributed by atoms with E-state index in [9.17, 15) is 23.2 Å². The van der Waals surface area contributed by atoms with E-state index >= 15 is 0 Å². The minimum Gasteiger partial charge on any atom is -0.384 e. The van der Waals surface area contributed by atoms with Gasteiger partial charge in [0.25, 0.3) is 17.4 Å². The molecule has 1 aliphatic rings. The molecule has 112 valence electrons. The normalized spacial score (nSPS) is 13.2. The Labute approximate surface area is 126 Å². The smallest absolute Gasteiger partial charge is 0.262 e. The van der Waals surface area contributed by atoms with Crippen molar-refractivity contribution in [1.82, 2.24) is 9.88 Å². The highest BCUT2D eigenvalue weighted by molar-refractivity contribution is 6.32. The number of carbonyl (C=O) groups is 2. The van der Waals surface area contributed by atoms with Gasteiger partial charge in [-0.25, -0.2) is 8.78 Å². The Bertz CT molecular complexity index is 924. The molecule has 0 atom stereocenters. The van der Waals surface area contributed by atoms with Crippen LogP contribution in [0.2, 0.25) is 5.02 Å². The van der Waals surface area contributed by atoms with Crippen LogP contribution in [0, 0.1) is 11.6 Å². The molecule has 9 heteroatoms. The molecule has 0 spiro atoms. The molecule has 0 unspecified atom stereocenters. The summed E-state index contributed by atoms with van der Waals surface area (Å²) < 4.78 is 27.6. The minimum atomic E-state index is -1.09. The molecule has 2 aromatic rings. The lowest BCUT2D eigenvalue weighted by Gasteiger charge is -2.13. The van der Waals surface area contributed by atoms with Crippen molar-refractivity contribution in [3.05, 3.63) is 56.3 Å². The molecule has 6 nitrogen and oxygen atoms in total. The van der Waals surface area contributed by atoms with E-state index in [-0.39, 0.29) is 16.8 Å². The lowest BCUT2D eigenvalue weighted by atomic mass is 10.1. The lowest BCUT2D eigenvalue weighted by Crippen LogP contribution is -2.24. The molecule has 1 aliphatic heterocycles. The van der Waals surface area contributed by atoms with E-state index in [1.54, 1.807) is 0 Å². The van der Waals surface area contributed by atoms with Gasteiger partial charge in [0.2, 0.25) is 0 Å². The van der Waals surface area contributed by atoms with E-state index in [0.29, 0.717) is 10.6 Å². The summed E-state index contributed by atoms with van der Waals surface area (Å²) in [4.78, 5) is 35.3. The highest BCUT2D eigenvalue weighted by Crippen LogP contribution is 2.28. The molecule has 0 aliphatic carbocycles. The van der Waals surface area contributed by atoms with E-state index in [2.05, 4.69) is 0 Å². The molecule has 22 heavy (non-hydrogen) atoms. The van der Waals surface area contributed by atoms with E-state index in [4.69, 9.17) is 17.3 Å². The van der Waals surface area contributed by atoms with Crippen molar-refractivity contribution in [2.24, 2.45) is 0 Å². The van der Waals surface area contributed by atoms with Gasteiger partial charge in [-0.05, 0) is 6.07 Å². The van der Waals surface area contributed by atoms with Crippen LogP contribution in [0.3, 0.4) is 0 Å². The maximum Gasteiger partial charge on any atom is 0.262 e. The van der Waals surface area contributed by atoms with Crippen LogP contribution in [-0.4, -0.2) is 16.4 Å². The van der Waals surface area contributed by atoms with E-state index < -0.39 is 39.8 Å². The first-order chi connectivity index (χ1) is 10.3. The first kappa shape index (κ1) is 14.2. The zero-order valence-corrected chi connectivity index (χ0v) is 11.4. The molecular weight excluding hydrogens is 320 g/mol. The highest BCUT2D eigenvalue weighted by Gasteiger charge is 2.32. The fourth-order valence-corrected chi connectivity index (χ4v) is 2.43. The predicted molar refractivity (Wildman–Crippen MR) is 73.2 cm³/mol. The van der Waals surface area contributed by atoms with Gasteiger partial charge in [-0.1, -0.05) is 11.6 Å². The standard InChI is InChI=1S/C13H6ClF2N3O3/c14-10-6(16)1-4(15)2-7(10)19-8(20)3-5-9(11(19)17)13(22)18-12(5)21/h1-3H,17H2,(H,18,21,22). The largest absolute Gasteiger partial charge is 0.384 e. The number of amides is 2. The second kappa shape index (κ2) is 4.63. The minimum absolute atomic E-state index is 0.197. The molecule has 3 rings (SSSR count). The number of nitrogens with one attached hydrogen (secondary N) is 1. The molecule has 0 fully saturated rings. The summed E-state index contributed by atoms with van der Waals surface area (Å²) in [7, 11) is 0. The van der Waals surface area contributed by atoms with Crippen LogP contribution >= 0.6 is 11.6 Å². The Kier molecular flexibility index (Phi) is 2.99. The average Bonchev–Trinajstić information content (AvgIpc) is 2.70. The zero-order chi connectivity index (χ0) is 16.2. The Morgan fingerprint density at radius 3 is 2.45 bits per heavy atom. The van der Waals surface area contributed by atoms with Gasteiger partial charge in [0.15, 0.2) is 0 Å². The molecule has 0 bridgehead atoms. The van der Waals surface area contributed by atoms with Crippen LogP contribution in [-0.2, 0) is 0 Å². The predicted octanol–water partition coefficient (Wildman–Crippen LogP) is 1.23. The van der Waals surface area contributed by atoms with Gasteiger partial charge in [-0.3, -0.25) is 24.3 Å². The van der Waals surface area contributed by atoms with Gasteiger partial charge in [0, 0.05) is 12.1 Å². The van der Waals surface area contributed by atoms with E-state index in [1.807, 2.05) is 5.32 Å². The van der Waals surface area contributed by atoms with Gasteiger partial charge >= 0.3 is 0 Å². The molecule has 0 saturated carbocycles. The van der Waals surface area contributed by atoms with E-state index in [0.717, 1.165) is 12.1 Å². The lowest BCUT2D eigenvalue weighted by molar-refractivity contribution is 0.0880. The molecular formula is C13H6ClF2N3O3. The fraction of sp³-hybridized carbons (Fsp3) is 0. The highest BCUT2D eigenvalue weighted by atomic mass is 35.5. The number of carbonyl (C=O) groups excluding carboxylic acids is 2. The fourth-order valence-electron chi connectivity index (χ4n) is 2.23. The van der Waals surface area contributed by atoms with Crippen LogP contribution in [0.5, 0.6) is 0 Å². The number of nitrogens with two attached hydrogens (primary N) is 1. The van der Waals surface area contributed by atoms with Gasteiger partial charge in [-0.15, -0.1) is 0 Å². The maximum absolute atomic E-state index is 13.5. The number of hydrogen-bond acceptors (Lipinski definition) is 4. The summed E-state index contributed by atoms with van der Waals surface area (Å²) in [5, 5.41) is 1.43. The number of halogens is 3. The number of pyridine rings is 1. The third kappa shape index (κ3) is 1.88. The van der Waals surface area contributed by atoms with Crippen molar-refractivity contribution in [1.29, 1.82) is 0 Å². The Hall–Kier alpha value is -2.74. The van der Waals surface area contributed by atoms with Crippen molar-refractivity contribution in [2.75, 3.05) is 5.73 Å². The van der Waals surface area contributed by atoms with Gasteiger partial charge in [0.1, 0.15) is 22.5 Å². The Morgan fingerprint density at radius 1 is 1.09 bits per heavy atom. The molecule has 1 aromatic carbocycles. The van der Waals surface area contributed by atoms with Crippen LogP contribution in [0.15, 0.2) is 23.0 Å². The first-order valence-electron chi connectivity index (χ1n) is 5.87. The molecule has 2 heterocycles. The number of nitrogen functional groups attached to an aromatic ring is 1. The number of anilines is 1. The summed E-state index contributed by atoms with van der Waals surface area (Å²) in [6.45, 7) is 0. The molecule has 2 amide bonds. The number of rotatable bonds is 1. The van der Waals surface area contributed by atoms with Crippen LogP contribution in [0.1, 0.15) is 20.7 Å². The summed E-state index contributed by atoms with van der Waals surface area (Å²) in [6, 6.07) is 2.19. The average molecular weight is 326 g/mol. The van der Waals surface area contributed by atoms with Gasteiger partial charge < -0.3 is 5.73 Å². The van der Waals surface area contributed by atoms with Crippen molar-refractivity contribution in [3.8, 4) is 5.69 Å². The SMILES string of the molecule is Nc1c2c(cc(=O)n1-c1cc(F)cc(F)c1Cl)C(=O)NC2=O. The van der Waals surface area contributed by atoms with Crippen LogP contribution in [0.4, 0.5) is 14.6 Å². The van der Waals surface area contributed by atoms with Crippen LogP contribution < -0.4 is 16.6 Å². The third-order valence-corrected chi connectivity index (χ3v) is 3.54. The number of hydrogen-bond donors (Lipinski definition) is 2. The number of nitrogens with zero attached hydrogens (tertiary/aromatic N) is 1. The quantitative estimate of drug-likeness (QED) is 0.609. The summed E-state index contributed by atoms with van der Waals surface area (Å²) in [6.07, 6.45) is 0. The van der Waals surface area contributed by atoms with E-state index in [1.165, 1.54) is 0 Å². The van der Waals surface area contributed by atoms with Crippen molar-refractivity contribution in [3.63, 3.8) is 0 Å². The van der Waals surface area contributed by atoms with Crippen molar-refractivity contribution in [2.45, 2.75) is 0 Å². The number of imide groups is 1. The van der Waals surface area contributed by atoms with Crippen molar-refractivity contribution < 1.29 is 18.4 Å². The summed E-state index contributed by atoms with van der Waals surface area (Å²) in [5.41, 5.74) is 4.08. The summed E-state index contributed by atoms with van der Waals surface area (Å²) in [5.74, 6) is -4.09. The maximum atomic E-state index is 13.5. The zero-order valence-electron chi connectivity index (χ0n) is 10.6. The van der Waals surface area contributed by atoms with Crippen molar-refractivity contribution >= 4 is 29.2 Å². The number of benzene rings is 1. The number of fused-ring (bicyclic) bond motifs is 1. The molecule has 0 saturated heterocycles. The van der Waals surface area contributed by atoms with Gasteiger partial charge in [-0.2, -0.15) is 0 Å².